The van der Waals surface area contributed by atoms with Crippen LogP contribution in [0.15, 0.2) is 52.9 Å². The number of halogens is 1. The lowest BCUT2D eigenvalue weighted by molar-refractivity contribution is 0.123. The molecule has 0 bridgehead atoms. The number of carbonyl (C=O) groups excluding carboxylic acids is 1. The van der Waals surface area contributed by atoms with Gasteiger partial charge in [-0.3, -0.25) is 0 Å². The minimum Gasteiger partial charge on any atom is -0.459 e. The van der Waals surface area contributed by atoms with Crippen molar-refractivity contribution in [2.24, 2.45) is 0 Å². The molecule has 1 aliphatic rings. The van der Waals surface area contributed by atoms with Crippen LogP contribution in [0, 0.1) is 0 Å². The van der Waals surface area contributed by atoms with Gasteiger partial charge in [-0.15, -0.1) is 0 Å². The lowest BCUT2D eigenvalue weighted by Gasteiger charge is -2.30. The largest absolute Gasteiger partial charge is 0.459 e. The zero-order valence-electron chi connectivity index (χ0n) is 14.7. The number of hydrogen-bond acceptors (Lipinski definition) is 4. The van der Waals surface area contributed by atoms with Crippen LogP contribution in [0.4, 0.5) is 16.2 Å². The second-order valence-corrected chi connectivity index (χ2v) is 6.76. The maximum Gasteiger partial charge on any atom is 0.319 e. The maximum absolute atomic E-state index is 12.4. The van der Waals surface area contributed by atoms with Gasteiger partial charge in [-0.1, -0.05) is 29.8 Å². The molecular formula is C20H20ClN3O3. The molecule has 0 spiro atoms. The maximum atomic E-state index is 12.4. The molecule has 0 saturated carbocycles. The highest BCUT2D eigenvalue weighted by molar-refractivity contribution is 6.31. The van der Waals surface area contributed by atoms with Crippen LogP contribution in [-0.2, 0) is 11.3 Å². The molecular weight excluding hydrogens is 366 g/mol. The number of nitrogens with zero attached hydrogens (tertiary/aromatic N) is 1. The third kappa shape index (κ3) is 4.18. The molecule has 140 valence electrons. The molecule has 2 N–H and O–H groups in total. The third-order valence-corrected chi connectivity index (χ3v) is 4.69. The molecule has 0 unspecified atom stereocenters. The summed E-state index contributed by atoms with van der Waals surface area (Å²) >= 11 is 6.13. The molecule has 7 heteroatoms. The molecule has 1 aromatic heterocycles. The van der Waals surface area contributed by atoms with E-state index in [9.17, 15) is 4.79 Å². The second-order valence-electron chi connectivity index (χ2n) is 6.32. The highest BCUT2D eigenvalue weighted by atomic mass is 35.5. The summed E-state index contributed by atoms with van der Waals surface area (Å²) in [6.07, 6.45) is 0. The van der Waals surface area contributed by atoms with Crippen molar-refractivity contribution in [3.63, 3.8) is 0 Å². The van der Waals surface area contributed by atoms with Crippen LogP contribution in [0.1, 0.15) is 5.76 Å². The van der Waals surface area contributed by atoms with Crippen molar-refractivity contribution in [1.82, 2.24) is 5.32 Å². The van der Waals surface area contributed by atoms with E-state index in [1.165, 1.54) is 0 Å². The monoisotopic (exact) mass is 385 g/mol. The number of urea groups is 1. The predicted octanol–water partition coefficient (Wildman–Crippen LogP) is 4.24. The van der Waals surface area contributed by atoms with Gasteiger partial charge in [0.05, 0.1) is 31.1 Å². The number of ether oxygens (including phenoxy) is 1. The van der Waals surface area contributed by atoms with Crippen LogP contribution >= 0.6 is 11.6 Å². The number of carbonyl (C=O) groups is 1. The number of fused-ring (bicyclic) bond motifs is 1. The van der Waals surface area contributed by atoms with Gasteiger partial charge in [-0.25, -0.2) is 4.79 Å². The first-order valence-corrected chi connectivity index (χ1v) is 9.21. The average Bonchev–Trinajstić information content (AvgIpc) is 3.10. The van der Waals surface area contributed by atoms with Crippen molar-refractivity contribution in [2.45, 2.75) is 6.54 Å². The van der Waals surface area contributed by atoms with Crippen LogP contribution < -0.4 is 15.5 Å². The number of nitrogens with one attached hydrogen (secondary N) is 2. The fourth-order valence-corrected chi connectivity index (χ4v) is 3.32. The Balaban J connectivity index is 1.43. The number of rotatable bonds is 4. The van der Waals surface area contributed by atoms with Crippen molar-refractivity contribution < 1.29 is 13.9 Å². The molecule has 1 saturated heterocycles. The molecule has 4 rings (SSSR count). The number of furan rings is 1. The molecule has 0 radical (unpaired) electrons. The molecule has 1 aliphatic heterocycles. The molecule has 27 heavy (non-hydrogen) atoms. The molecule has 2 aromatic carbocycles. The number of para-hydroxylation sites is 1. The smallest absolute Gasteiger partial charge is 0.319 e. The first kappa shape index (κ1) is 17.7. The van der Waals surface area contributed by atoms with E-state index in [0.29, 0.717) is 36.2 Å². The third-order valence-electron chi connectivity index (χ3n) is 4.46. The number of hydrogen-bond donors (Lipinski definition) is 2. The Morgan fingerprint density at radius 3 is 2.74 bits per heavy atom. The van der Waals surface area contributed by atoms with E-state index in [1.807, 2.05) is 42.5 Å². The summed E-state index contributed by atoms with van der Waals surface area (Å²) in [5, 5.41) is 7.30. The summed E-state index contributed by atoms with van der Waals surface area (Å²) in [5.41, 5.74) is 2.41. The normalized spacial score (nSPS) is 14.3. The minimum atomic E-state index is -0.313. The highest BCUT2D eigenvalue weighted by Gasteiger charge is 2.16. The van der Waals surface area contributed by atoms with Crippen molar-refractivity contribution in [3.05, 3.63) is 59.3 Å². The van der Waals surface area contributed by atoms with Gasteiger partial charge in [-0.05, 0) is 30.3 Å². The summed E-state index contributed by atoms with van der Waals surface area (Å²) in [6, 6.07) is 14.9. The van der Waals surface area contributed by atoms with Crippen LogP contribution in [-0.4, -0.2) is 32.3 Å². The topological polar surface area (TPSA) is 66.7 Å². The van der Waals surface area contributed by atoms with Crippen LogP contribution in [0.2, 0.25) is 5.02 Å². The number of morpholine rings is 1. The van der Waals surface area contributed by atoms with Gasteiger partial charge in [0.1, 0.15) is 11.3 Å². The molecule has 1 fully saturated rings. The number of anilines is 2. The fraction of sp³-hybridized carbons (Fsp3) is 0.250. The Kier molecular flexibility index (Phi) is 5.18. The van der Waals surface area contributed by atoms with E-state index in [4.69, 9.17) is 20.8 Å². The average molecular weight is 386 g/mol. The molecule has 0 aliphatic carbocycles. The summed E-state index contributed by atoms with van der Waals surface area (Å²) in [6.45, 7) is 3.18. The quantitative estimate of drug-likeness (QED) is 0.704. The fourth-order valence-electron chi connectivity index (χ4n) is 3.15. The first-order chi connectivity index (χ1) is 13.2. The molecule has 2 heterocycles. The van der Waals surface area contributed by atoms with Crippen LogP contribution in [0.3, 0.4) is 0 Å². The van der Waals surface area contributed by atoms with E-state index in [2.05, 4.69) is 15.5 Å². The van der Waals surface area contributed by atoms with Gasteiger partial charge in [0.25, 0.3) is 0 Å². The van der Waals surface area contributed by atoms with Crippen molar-refractivity contribution in [3.8, 4) is 0 Å². The first-order valence-electron chi connectivity index (χ1n) is 8.83. The zero-order chi connectivity index (χ0) is 18.6. The minimum absolute atomic E-state index is 0.300. The Morgan fingerprint density at radius 2 is 1.93 bits per heavy atom. The predicted molar refractivity (Wildman–Crippen MR) is 107 cm³/mol. The van der Waals surface area contributed by atoms with E-state index in [1.54, 1.807) is 6.07 Å². The van der Waals surface area contributed by atoms with Gasteiger partial charge >= 0.3 is 6.03 Å². The van der Waals surface area contributed by atoms with E-state index >= 15 is 0 Å². The lowest BCUT2D eigenvalue weighted by atomic mass is 10.2. The van der Waals surface area contributed by atoms with Crippen molar-refractivity contribution >= 4 is 40.0 Å². The summed E-state index contributed by atoms with van der Waals surface area (Å²) in [5.74, 6) is 0.700. The van der Waals surface area contributed by atoms with Gasteiger partial charge in [-0.2, -0.15) is 0 Å². The molecule has 3 aromatic rings. The number of benzene rings is 2. The van der Waals surface area contributed by atoms with Gasteiger partial charge in [0, 0.05) is 23.5 Å². The Hall–Kier alpha value is -2.70. The van der Waals surface area contributed by atoms with Crippen molar-refractivity contribution in [2.75, 3.05) is 36.5 Å². The lowest BCUT2D eigenvalue weighted by Crippen LogP contribution is -2.37. The van der Waals surface area contributed by atoms with E-state index in [-0.39, 0.29) is 6.03 Å². The van der Waals surface area contributed by atoms with E-state index < -0.39 is 0 Å². The van der Waals surface area contributed by atoms with Gasteiger partial charge in [0.2, 0.25) is 0 Å². The standard InChI is InChI=1S/C20H20ClN3O3/c21-15-5-6-18(24-7-9-26-10-8-24)17(12-15)23-20(25)22-13-16-11-14-3-1-2-4-19(14)27-16/h1-6,11-12H,7-10,13H2,(H2,22,23,25). The number of amides is 2. The summed E-state index contributed by atoms with van der Waals surface area (Å²) < 4.78 is 11.1. The molecule has 2 amide bonds. The van der Waals surface area contributed by atoms with Crippen molar-refractivity contribution in [1.29, 1.82) is 0 Å². The van der Waals surface area contributed by atoms with Crippen LogP contribution in [0.5, 0.6) is 0 Å². The van der Waals surface area contributed by atoms with Gasteiger partial charge in [0.15, 0.2) is 0 Å². The SMILES string of the molecule is O=C(NCc1cc2ccccc2o1)Nc1cc(Cl)ccc1N1CCOCC1. The summed E-state index contributed by atoms with van der Waals surface area (Å²) in [7, 11) is 0. The zero-order valence-corrected chi connectivity index (χ0v) is 15.5. The summed E-state index contributed by atoms with van der Waals surface area (Å²) in [4.78, 5) is 14.6. The van der Waals surface area contributed by atoms with Gasteiger partial charge < -0.3 is 24.7 Å². The van der Waals surface area contributed by atoms with E-state index in [0.717, 1.165) is 29.7 Å². The molecule has 6 nitrogen and oxygen atoms in total. The Bertz CT molecular complexity index is 918. The van der Waals surface area contributed by atoms with Crippen LogP contribution in [0.25, 0.3) is 11.0 Å². The molecule has 0 atom stereocenters. The second kappa shape index (κ2) is 7.90. The highest BCUT2D eigenvalue weighted by Crippen LogP contribution is 2.30. The Morgan fingerprint density at radius 1 is 1.11 bits per heavy atom. The Labute approximate surface area is 162 Å².